The van der Waals surface area contributed by atoms with E-state index in [-0.39, 0.29) is 0 Å². The zero-order chi connectivity index (χ0) is 16.3. The highest BCUT2D eigenvalue weighted by Gasteiger charge is 2.43. The third kappa shape index (κ3) is 2.84. The number of anilines is 1. The van der Waals surface area contributed by atoms with Crippen LogP contribution in [-0.2, 0) is 0 Å². The highest BCUT2D eigenvalue weighted by atomic mass is 15.8. The van der Waals surface area contributed by atoms with Gasteiger partial charge in [-0.3, -0.25) is 0 Å². The zero-order valence-electron chi connectivity index (χ0n) is 15.0. The minimum Gasteiger partial charge on any atom is -0.363 e. The molecule has 2 heterocycles. The summed E-state index contributed by atoms with van der Waals surface area (Å²) < 4.78 is 1.04. The van der Waals surface area contributed by atoms with Crippen LogP contribution in [0.2, 0.25) is 0 Å². The van der Waals surface area contributed by atoms with Gasteiger partial charge in [-0.25, -0.2) is 14.6 Å². The third-order valence-electron chi connectivity index (χ3n) is 4.83. The summed E-state index contributed by atoms with van der Waals surface area (Å²) in [4.78, 5) is 6.61. The van der Waals surface area contributed by atoms with Gasteiger partial charge in [0.15, 0.2) is 0 Å². The maximum atomic E-state index is 4.57. The predicted octanol–water partition coefficient (Wildman–Crippen LogP) is 3.37. The molecule has 2 rings (SSSR count). The Morgan fingerprint density at radius 1 is 1.18 bits per heavy atom. The molecular formula is C18H31N4+. The van der Waals surface area contributed by atoms with Crippen LogP contribution in [0, 0.1) is 0 Å². The number of quaternary nitrogens is 1. The van der Waals surface area contributed by atoms with Crippen LogP contribution in [0.5, 0.6) is 0 Å². The van der Waals surface area contributed by atoms with Crippen LogP contribution in [-0.4, -0.2) is 54.9 Å². The van der Waals surface area contributed by atoms with Crippen LogP contribution in [0.1, 0.15) is 39.2 Å². The zero-order valence-corrected chi connectivity index (χ0v) is 15.0. The fourth-order valence-corrected chi connectivity index (χ4v) is 3.64. The molecule has 22 heavy (non-hydrogen) atoms. The molecule has 0 N–H and O–H groups in total. The van der Waals surface area contributed by atoms with Crippen LogP contribution in [0.3, 0.4) is 0 Å². The van der Waals surface area contributed by atoms with Crippen molar-refractivity contribution in [3.8, 4) is 0 Å². The Balaban J connectivity index is 2.31. The van der Waals surface area contributed by atoms with Crippen molar-refractivity contribution in [3.05, 3.63) is 30.0 Å². The van der Waals surface area contributed by atoms with E-state index in [1.54, 1.807) is 0 Å². The van der Waals surface area contributed by atoms with Gasteiger partial charge in [0, 0.05) is 31.9 Å². The van der Waals surface area contributed by atoms with Crippen molar-refractivity contribution in [1.82, 2.24) is 9.99 Å². The van der Waals surface area contributed by atoms with E-state index in [2.05, 4.69) is 56.0 Å². The topological polar surface area (TPSA) is 19.4 Å². The molecular weight excluding hydrogens is 272 g/mol. The van der Waals surface area contributed by atoms with Gasteiger partial charge in [0.2, 0.25) is 0 Å². The van der Waals surface area contributed by atoms with Crippen molar-refractivity contribution < 1.29 is 4.59 Å². The molecule has 1 unspecified atom stereocenters. The molecule has 1 aliphatic rings. The van der Waals surface area contributed by atoms with Crippen molar-refractivity contribution in [2.24, 2.45) is 0 Å². The summed E-state index contributed by atoms with van der Waals surface area (Å²) in [5.41, 5.74) is 2.53. The van der Waals surface area contributed by atoms with E-state index in [4.69, 9.17) is 0 Å². The number of pyridine rings is 1. The van der Waals surface area contributed by atoms with E-state index in [0.717, 1.165) is 10.4 Å². The molecule has 1 aromatic heterocycles. The minimum absolute atomic E-state index is 0.522. The lowest BCUT2D eigenvalue weighted by molar-refractivity contribution is -1.03. The first kappa shape index (κ1) is 16.8. The number of hydrogen-bond donors (Lipinski definition) is 0. The van der Waals surface area contributed by atoms with Crippen molar-refractivity contribution >= 4 is 11.5 Å². The monoisotopic (exact) mass is 303 g/mol. The molecule has 1 aliphatic heterocycles. The number of hydrogen-bond acceptors (Lipinski definition) is 3. The van der Waals surface area contributed by atoms with Crippen molar-refractivity contribution in [3.63, 3.8) is 0 Å². The second kappa shape index (κ2) is 6.69. The van der Waals surface area contributed by atoms with Crippen LogP contribution >= 0.6 is 0 Å². The fraction of sp³-hybridized carbons (Fsp3) is 0.611. The molecule has 0 saturated heterocycles. The Morgan fingerprint density at radius 2 is 1.82 bits per heavy atom. The molecule has 0 fully saturated rings. The number of nitrogens with zero attached hydrogens (tertiary/aromatic N) is 4. The summed E-state index contributed by atoms with van der Waals surface area (Å²) in [6.07, 6.45) is 6.82. The van der Waals surface area contributed by atoms with E-state index in [0.29, 0.717) is 6.04 Å². The average molecular weight is 303 g/mol. The lowest BCUT2D eigenvalue weighted by Crippen LogP contribution is -2.59. The van der Waals surface area contributed by atoms with Gasteiger partial charge in [-0.15, -0.1) is 0 Å². The van der Waals surface area contributed by atoms with Gasteiger partial charge in [-0.2, -0.15) is 0 Å². The molecule has 1 aromatic rings. The SMILES string of the molecule is CCC[N+]1(CCC)C(C)C=C(c2ccc(N(C)C)nc2)N1C. The average Bonchev–Trinajstić information content (AvgIpc) is 2.73. The molecule has 0 radical (unpaired) electrons. The van der Waals surface area contributed by atoms with Gasteiger partial charge in [-0.1, -0.05) is 13.8 Å². The van der Waals surface area contributed by atoms with Gasteiger partial charge in [0.25, 0.3) is 0 Å². The number of rotatable bonds is 6. The van der Waals surface area contributed by atoms with E-state index < -0.39 is 0 Å². The standard InChI is InChI=1S/C18H31N4/c1-7-11-22(12-8-2)15(3)13-17(21(22)6)16-9-10-18(19-14-16)20(4)5/h9-10,13-15H,7-8,11-12H2,1-6H3/q+1. The van der Waals surface area contributed by atoms with Crippen LogP contribution < -0.4 is 4.90 Å². The predicted molar refractivity (Wildman–Crippen MR) is 94.3 cm³/mol. The van der Waals surface area contributed by atoms with Gasteiger partial charge in [-0.05, 0) is 31.9 Å². The Labute approximate surface area is 135 Å². The van der Waals surface area contributed by atoms with Gasteiger partial charge < -0.3 is 4.90 Å². The van der Waals surface area contributed by atoms with E-state index in [1.807, 2.05) is 25.2 Å². The van der Waals surface area contributed by atoms with Gasteiger partial charge in [0.05, 0.1) is 12.7 Å². The fourth-order valence-electron chi connectivity index (χ4n) is 3.64. The summed E-state index contributed by atoms with van der Waals surface area (Å²) in [5.74, 6) is 1.00. The largest absolute Gasteiger partial charge is 0.363 e. The molecule has 0 saturated carbocycles. The Morgan fingerprint density at radius 3 is 2.27 bits per heavy atom. The van der Waals surface area contributed by atoms with Crippen molar-refractivity contribution in [2.75, 3.05) is 39.1 Å². The molecule has 122 valence electrons. The lowest BCUT2D eigenvalue weighted by atomic mass is 10.1. The minimum atomic E-state index is 0.522. The normalized spacial score (nSPS) is 20.2. The van der Waals surface area contributed by atoms with Crippen LogP contribution in [0.15, 0.2) is 24.4 Å². The van der Waals surface area contributed by atoms with Crippen LogP contribution in [0.25, 0.3) is 5.70 Å². The van der Waals surface area contributed by atoms with Gasteiger partial charge >= 0.3 is 0 Å². The summed E-state index contributed by atoms with van der Waals surface area (Å²) in [6.45, 7) is 9.28. The third-order valence-corrected chi connectivity index (χ3v) is 4.83. The first-order chi connectivity index (χ1) is 10.5. The molecule has 4 nitrogen and oxygen atoms in total. The highest BCUT2D eigenvalue weighted by Crippen LogP contribution is 2.36. The maximum absolute atomic E-state index is 4.57. The quantitative estimate of drug-likeness (QED) is 0.751. The Bertz CT molecular complexity index is 512. The molecule has 0 aliphatic carbocycles. The Kier molecular flexibility index (Phi) is 5.12. The van der Waals surface area contributed by atoms with Crippen molar-refractivity contribution in [2.45, 2.75) is 39.7 Å². The summed E-state index contributed by atoms with van der Waals surface area (Å²) in [5, 5.41) is 2.46. The van der Waals surface area contributed by atoms with Crippen LogP contribution in [0.4, 0.5) is 5.82 Å². The molecule has 0 amide bonds. The summed E-state index contributed by atoms with van der Waals surface area (Å²) in [6, 6.07) is 4.81. The Hall–Kier alpha value is -1.55. The molecule has 1 atom stereocenters. The van der Waals surface area contributed by atoms with Gasteiger partial charge in [0.1, 0.15) is 24.9 Å². The summed E-state index contributed by atoms with van der Waals surface area (Å²) in [7, 11) is 6.28. The smallest absolute Gasteiger partial charge is 0.130 e. The molecule has 0 aromatic carbocycles. The van der Waals surface area contributed by atoms with E-state index >= 15 is 0 Å². The second-order valence-corrected chi connectivity index (χ2v) is 6.55. The highest BCUT2D eigenvalue weighted by molar-refractivity contribution is 5.65. The summed E-state index contributed by atoms with van der Waals surface area (Å²) >= 11 is 0. The first-order valence-corrected chi connectivity index (χ1v) is 8.42. The molecule has 4 heteroatoms. The second-order valence-electron chi connectivity index (χ2n) is 6.55. The van der Waals surface area contributed by atoms with Crippen molar-refractivity contribution in [1.29, 1.82) is 0 Å². The lowest BCUT2D eigenvalue weighted by Gasteiger charge is -2.44. The maximum Gasteiger partial charge on any atom is 0.130 e. The number of aromatic nitrogens is 1. The molecule has 0 bridgehead atoms. The van der Waals surface area contributed by atoms with E-state index in [1.165, 1.54) is 37.2 Å². The first-order valence-electron chi connectivity index (χ1n) is 8.42. The van der Waals surface area contributed by atoms with E-state index in [9.17, 15) is 0 Å². The molecule has 0 spiro atoms.